The average Bonchev–Trinajstić information content (AvgIpc) is 3.16. The number of H-pyrrole nitrogens is 1. The number of nitrogens with zero attached hydrogens (tertiary/aromatic N) is 2. The smallest absolute Gasteiger partial charge is 0.255 e. The summed E-state index contributed by atoms with van der Waals surface area (Å²) in [6.45, 7) is 9.17. The van der Waals surface area contributed by atoms with E-state index in [4.69, 9.17) is 4.74 Å². The summed E-state index contributed by atoms with van der Waals surface area (Å²) in [5, 5.41) is 0. The van der Waals surface area contributed by atoms with Crippen molar-refractivity contribution in [3.05, 3.63) is 70.9 Å². The molecule has 0 unspecified atom stereocenters. The Labute approximate surface area is 178 Å². The summed E-state index contributed by atoms with van der Waals surface area (Å²) in [7, 11) is 1.69. The molecule has 0 aliphatic carbocycles. The molecule has 156 valence electrons. The molecule has 5 heteroatoms. The zero-order valence-corrected chi connectivity index (χ0v) is 18.2. The van der Waals surface area contributed by atoms with Gasteiger partial charge in [0.2, 0.25) is 0 Å². The van der Waals surface area contributed by atoms with Gasteiger partial charge in [0.05, 0.1) is 18.4 Å². The molecule has 3 aromatic rings. The maximum absolute atomic E-state index is 13.2. The maximum Gasteiger partial charge on any atom is 0.255 e. The molecule has 4 rings (SSSR count). The summed E-state index contributed by atoms with van der Waals surface area (Å²) in [6, 6.07) is 16.4. The van der Waals surface area contributed by atoms with Crippen LogP contribution in [0, 0.1) is 20.8 Å². The minimum atomic E-state index is 0.0958. The number of carbonyl (C=O) groups is 1. The molecule has 0 atom stereocenters. The molecule has 1 amide bonds. The van der Waals surface area contributed by atoms with Crippen LogP contribution in [0.2, 0.25) is 0 Å². The van der Waals surface area contributed by atoms with Crippen molar-refractivity contribution in [2.24, 2.45) is 0 Å². The number of hydrogen-bond acceptors (Lipinski definition) is 3. The number of benzene rings is 2. The van der Waals surface area contributed by atoms with Gasteiger partial charge in [0, 0.05) is 37.6 Å². The van der Waals surface area contributed by atoms with Crippen molar-refractivity contribution in [1.29, 1.82) is 0 Å². The molecular weight excluding hydrogens is 374 g/mol. The number of hydrogen-bond donors (Lipinski definition) is 1. The monoisotopic (exact) mass is 403 g/mol. The van der Waals surface area contributed by atoms with Gasteiger partial charge >= 0.3 is 0 Å². The molecule has 0 saturated carbocycles. The van der Waals surface area contributed by atoms with Crippen LogP contribution >= 0.6 is 0 Å². The molecule has 0 spiro atoms. The van der Waals surface area contributed by atoms with Gasteiger partial charge in [0.25, 0.3) is 5.91 Å². The highest BCUT2D eigenvalue weighted by atomic mass is 16.5. The average molecular weight is 404 g/mol. The number of aromatic amines is 1. The van der Waals surface area contributed by atoms with Gasteiger partial charge in [0.15, 0.2) is 0 Å². The highest BCUT2D eigenvalue weighted by molar-refractivity contribution is 5.97. The van der Waals surface area contributed by atoms with E-state index >= 15 is 0 Å². The van der Waals surface area contributed by atoms with Crippen LogP contribution in [0.1, 0.15) is 27.2 Å². The molecular formula is C25H29N3O2. The largest absolute Gasteiger partial charge is 0.495 e. The molecule has 0 bridgehead atoms. The predicted molar refractivity (Wildman–Crippen MR) is 122 cm³/mol. The number of rotatable bonds is 4. The first-order valence-electron chi connectivity index (χ1n) is 10.4. The summed E-state index contributed by atoms with van der Waals surface area (Å²) >= 11 is 0. The fraction of sp³-hybridized carbons (Fsp3) is 0.320. The van der Waals surface area contributed by atoms with E-state index in [0.29, 0.717) is 13.1 Å². The number of aromatic nitrogens is 1. The van der Waals surface area contributed by atoms with Gasteiger partial charge in [-0.3, -0.25) is 4.79 Å². The molecule has 1 N–H and O–H groups in total. The number of amides is 1. The SMILES string of the molecule is COc1ccccc1N1CCN(C(=O)c2cc(-c3ccc(C)c(C)c3)[nH]c2C)CC1. The van der Waals surface area contributed by atoms with Gasteiger partial charge < -0.3 is 19.5 Å². The summed E-state index contributed by atoms with van der Waals surface area (Å²) in [6.07, 6.45) is 0. The Morgan fingerprint density at radius 2 is 1.67 bits per heavy atom. The normalized spacial score (nSPS) is 14.1. The van der Waals surface area contributed by atoms with Crippen LogP contribution in [0.3, 0.4) is 0 Å². The highest BCUT2D eigenvalue weighted by Gasteiger charge is 2.25. The third kappa shape index (κ3) is 3.80. The second kappa shape index (κ2) is 8.27. The molecule has 30 heavy (non-hydrogen) atoms. The summed E-state index contributed by atoms with van der Waals surface area (Å²) < 4.78 is 5.49. The number of piperazine rings is 1. The second-order valence-corrected chi connectivity index (χ2v) is 7.97. The summed E-state index contributed by atoms with van der Waals surface area (Å²) in [4.78, 5) is 20.9. The first-order valence-corrected chi connectivity index (χ1v) is 10.4. The Kier molecular flexibility index (Phi) is 5.53. The Morgan fingerprint density at radius 1 is 0.933 bits per heavy atom. The first-order chi connectivity index (χ1) is 14.5. The molecule has 1 saturated heterocycles. The van der Waals surface area contributed by atoms with Crippen LogP contribution in [-0.4, -0.2) is 49.1 Å². The first kappa shape index (κ1) is 20.1. The quantitative estimate of drug-likeness (QED) is 0.694. The number of anilines is 1. The Morgan fingerprint density at radius 3 is 2.37 bits per heavy atom. The maximum atomic E-state index is 13.2. The minimum absolute atomic E-state index is 0.0958. The van der Waals surface area contributed by atoms with Crippen molar-refractivity contribution in [3.8, 4) is 17.0 Å². The van der Waals surface area contributed by atoms with E-state index in [9.17, 15) is 4.79 Å². The van der Waals surface area contributed by atoms with E-state index in [1.165, 1.54) is 11.1 Å². The lowest BCUT2D eigenvalue weighted by atomic mass is 10.0. The summed E-state index contributed by atoms with van der Waals surface area (Å²) in [5.74, 6) is 0.968. The zero-order chi connectivity index (χ0) is 21.3. The fourth-order valence-corrected chi connectivity index (χ4v) is 4.06. The lowest BCUT2D eigenvalue weighted by molar-refractivity contribution is 0.0746. The molecule has 1 aromatic heterocycles. The van der Waals surface area contributed by atoms with Crippen molar-refractivity contribution in [2.75, 3.05) is 38.2 Å². The zero-order valence-electron chi connectivity index (χ0n) is 18.2. The molecule has 1 aliphatic rings. The van der Waals surface area contributed by atoms with Crippen molar-refractivity contribution >= 4 is 11.6 Å². The Balaban J connectivity index is 1.48. The van der Waals surface area contributed by atoms with Crippen LogP contribution in [-0.2, 0) is 0 Å². The van der Waals surface area contributed by atoms with E-state index in [0.717, 1.165) is 47.0 Å². The molecule has 0 radical (unpaired) electrons. The third-order valence-corrected chi connectivity index (χ3v) is 6.06. The van der Waals surface area contributed by atoms with Gasteiger partial charge in [-0.1, -0.05) is 24.3 Å². The van der Waals surface area contributed by atoms with E-state index in [1.54, 1.807) is 7.11 Å². The number of carbonyl (C=O) groups excluding carboxylic acids is 1. The molecule has 1 fully saturated rings. The van der Waals surface area contributed by atoms with Crippen LogP contribution in [0.4, 0.5) is 5.69 Å². The highest BCUT2D eigenvalue weighted by Crippen LogP contribution is 2.29. The van der Waals surface area contributed by atoms with Crippen LogP contribution < -0.4 is 9.64 Å². The molecule has 5 nitrogen and oxygen atoms in total. The van der Waals surface area contributed by atoms with Crippen LogP contribution in [0.25, 0.3) is 11.3 Å². The van der Waals surface area contributed by atoms with Gasteiger partial charge in [-0.2, -0.15) is 0 Å². The Hall–Kier alpha value is -3.21. The molecule has 2 aromatic carbocycles. The van der Waals surface area contributed by atoms with Gasteiger partial charge in [0.1, 0.15) is 5.75 Å². The third-order valence-electron chi connectivity index (χ3n) is 6.06. The number of ether oxygens (including phenoxy) is 1. The van der Waals surface area contributed by atoms with Gasteiger partial charge in [-0.15, -0.1) is 0 Å². The van der Waals surface area contributed by atoms with E-state index < -0.39 is 0 Å². The van der Waals surface area contributed by atoms with E-state index in [1.807, 2.05) is 36.1 Å². The van der Waals surface area contributed by atoms with Gasteiger partial charge in [-0.25, -0.2) is 0 Å². The topological polar surface area (TPSA) is 48.6 Å². The lowest BCUT2D eigenvalue weighted by Crippen LogP contribution is -2.49. The minimum Gasteiger partial charge on any atom is -0.495 e. The number of nitrogens with one attached hydrogen (secondary N) is 1. The predicted octanol–water partition coefficient (Wildman–Crippen LogP) is 4.58. The number of methoxy groups -OCH3 is 1. The van der Waals surface area contributed by atoms with E-state index in [2.05, 4.69) is 48.0 Å². The van der Waals surface area contributed by atoms with Crippen LogP contribution in [0.5, 0.6) is 5.75 Å². The summed E-state index contributed by atoms with van der Waals surface area (Å²) in [5.41, 5.74) is 7.38. The molecule has 2 heterocycles. The fourth-order valence-electron chi connectivity index (χ4n) is 4.06. The van der Waals surface area contributed by atoms with Crippen molar-refractivity contribution in [2.45, 2.75) is 20.8 Å². The lowest BCUT2D eigenvalue weighted by Gasteiger charge is -2.36. The van der Waals surface area contributed by atoms with E-state index in [-0.39, 0.29) is 5.91 Å². The number of aryl methyl sites for hydroxylation is 3. The van der Waals surface area contributed by atoms with Gasteiger partial charge in [-0.05, 0) is 61.7 Å². The van der Waals surface area contributed by atoms with Crippen molar-refractivity contribution in [1.82, 2.24) is 9.88 Å². The molecule has 1 aliphatic heterocycles. The Bertz CT molecular complexity index is 1060. The standard InChI is InChI=1S/C25H29N3O2/c1-17-9-10-20(15-18(17)2)22-16-21(19(3)26-22)25(29)28-13-11-27(12-14-28)23-7-5-6-8-24(23)30-4/h5-10,15-16,26H,11-14H2,1-4H3. The van der Waals surface area contributed by atoms with Crippen LogP contribution in [0.15, 0.2) is 48.5 Å². The van der Waals surface area contributed by atoms with Crippen molar-refractivity contribution in [3.63, 3.8) is 0 Å². The number of para-hydroxylation sites is 2. The second-order valence-electron chi connectivity index (χ2n) is 7.97. The van der Waals surface area contributed by atoms with Crippen molar-refractivity contribution < 1.29 is 9.53 Å².